The topological polar surface area (TPSA) is 66.8 Å². The molecule has 2 aromatic rings. The summed E-state index contributed by atoms with van der Waals surface area (Å²) in [4.78, 5) is 12.4. The van der Waals surface area contributed by atoms with E-state index in [2.05, 4.69) is 0 Å². The molecule has 0 spiro atoms. The van der Waals surface area contributed by atoms with Crippen LogP contribution in [0.4, 0.5) is 0 Å². The Kier molecular flexibility index (Phi) is 3.26. The van der Waals surface area contributed by atoms with Gasteiger partial charge >= 0.3 is 5.97 Å². The van der Waals surface area contributed by atoms with Crippen LogP contribution < -0.4 is 4.74 Å². The van der Waals surface area contributed by atoms with Gasteiger partial charge in [0.15, 0.2) is 11.5 Å². The van der Waals surface area contributed by atoms with Gasteiger partial charge in [-0.1, -0.05) is 41.9 Å². The van der Waals surface area contributed by atoms with Gasteiger partial charge in [-0.05, 0) is 18.4 Å². The lowest BCUT2D eigenvalue weighted by Crippen LogP contribution is -2.25. The zero-order chi connectivity index (χ0) is 15.0. The molecule has 0 bridgehead atoms. The fraction of sp³-hybridized carbons (Fsp3) is 0.188. The van der Waals surface area contributed by atoms with Crippen molar-refractivity contribution in [2.45, 2.75) is 18.3 Å². The number of hydrogen-bond donors (Lipinski definition) is 2. The Balaban J connectivity index is 1.86. The van der Waals surface area contributed by atoms with E-state index in [9.17, 15) is 15.0 Å². The highest BCUT2D eigenvalue weighted by atomic mass is 35.5. The van der Waals surface area contributed by atoms with Gasteiger partial charge in [-0.25, -0.2) is 0 Å². The van der Waals surface area contributed by atoms with E-state index in [4.69, 9.17) is 16.3 Å². The Labute approximate surface area is 126 Å². The van der Waals surface area contributed by atoms with E-state index in [0.717, 1.165) is 11.6 Å². The van der Waals surface area contributed by atoms with Crippen LogP contribution >= 0.6 is 11.6 Å². The molecule has 1 fully saturated rings. The first-order chi connectivity index (χ1) is 10.0. The summed E-state index contributed by atoms with van der Waals surface area (Å²) in [5.41, 5.74) is 0.261. The number of rotatable bonds is 3. The largest absolute Gasteiger partial charge is 0.506 e. The number of aromatic hydroxyl groups is 2. The summed E-state index contributed by atoms with van der Waals surface area (Å²) in [5.74, 6) is -1.07. The molecule has 2 aromatic carbocycles. The van der Waals surface area contributed by atoms with Gasteiger partial charge in [-0.15, -0.1) is 0 Å². The third-order valence-corrected chi connectivity index (χ3v) is 4.00. The van der Waals surface area contributed by atoms with Crippen molar-refractivity contribution < 1.29 is 19.7 Å². The van der Waals surface area contributed by atoms with Crippen molar-refractivity contribution in [3.8, 4) is 17.2 Å². The highest BCUT2D eigenvalue weighted by molar-refractivity contribution is 6.32. The fourth-order valence-corrected chi connectivity index (χ4v) is 2.46. The standard InChI is InChI=1S/C16H13ClO4/c17-11-8-14(13(19)9-12(11)18)21-15(20)16(6-7-16)10-4-2-1-3-5-10/h1-5,8-9,18-19H,6-7H2. The minimum absolute atomic E-state index is 0.0140. The molecule has 4 nitrogen and oxygen atoms in total. The van der Waals surface area contributed by atoms with Crippen LogP contribution in [0.3, 0.4) is 0 Å². The maximum atomic E-state index is 12.4. The molecule has 1 aliphatic rings. The highest BCUT2D eigenvalue weighted by Gasteiger charge is 2.53. The van der Waals surface area contributed by atoms with Gasteiger partial charge in [-0.3, -0.25) is 4.79 Å². The molecule has 0 atom stereocenters. The first-order valence-electron chi connectivity index (χ1n) is 6.52. The van der Waals surface area contributed by atoms with Crippen molar-refractivity contribution in [1.29, 1.82) is 0 Å². The molecule has 0 aliphatic heterocycles. The number of carbonyl (C=O) groups excluding carboxylic acids is 1. The van der Waals surface area contributed by atoms with Crippen LogP contribution in [0.1, 0.15) is 18.4 Å². The summed E-state index contributed by atoms with van der Waals surface area (Å²) < 4.78 is 5.28. The predicted octanol–water partition coefficient (Wildman–Crippen LogP) is 3.39. The summed E-state index contributed by atoms with van der Waals surface area (Å²) in [7, 11) is 0. The minimum atomic E-state index is -0.641. The van der Waals surface area contributed by atoms with Crippen LogP contribution in [0.5, 0.6) is 17.2 Å². The second kappa shape index (κ2) is 4.97. The van der Waals surface area contributed by atoms with E-state index in [-0.39, 0.29) is 22.3 Å². The molecule has 2 N–H and O–H groups in total. The van der Waals surface area contributed by atoms with Crippen molar-refractivity contribution in [1.82, 2.24) is 0 Å². The second-order valence-corrected chi connectivity index (χ2v) is 5.52. The van der Waals surface area contributed by atoms with Crippen molar-refractivity contribution in [2.24, 2.45) is 0 Å². The van der Waals surface area contributed by atoms with Crippen molar-refractivity contribution in [2.75, 3.05) is 0 Å². The molecule has 108 valence electrons. The maximum absolute atomic E-state index is 12.4. The van der Waals surface area contributed by atoms with Crippen LogP contribution in [0.2, 0.25) is 5.02 Å². The number of ether oxygens (including phenoxy) is 1. The summed E-state index contributed by atoms with van der Waals surface area (Å²) in [6.45, 7) is 0. The molecular formula is C16H13ClO4. The fourth-order valence-electron chi connectivity index (χ4n) is 2.30. The molecule has 21 heavy (non-hydrogen) atoms. The van der Waals surface area contributed by atoms with E-state index < -0.39 is 11.4 Å². The van der Waals surface area contributed by atoms with E-state index in [0.29, 0.717) is 12.8 Å². The van der Waals surface area contributed by atoms with Crippen LogP contribution in [0, 0.1) is 0 Å². The van der Waals surface area contributed by atoms with Gasteiger partial charge < -0.3 is 14.9 Å². The third-order valence-electron chi connectivity index (χ3n) is 3.70. The number of phenolic OH excluding ortho intramolecular Hbond substituents is 2. The third kappa shape index (κ3) is 2.43. The zero-order valence-corrected chi connectivity index (χ0v) is 11.8. The monoisotopic (exact) mass is 304 g/mol. The molecule has 0 amide bonds. The Morgan fingerprint density at radius 2 is 1.76 bits per heavy atom. The molecule has 3 rings (SSSR count). The molecule has 0 heterocycles. The molecule has 0 unspecified atom stereocenters. The lowest BCUT2D eigenvalue weighted by Gasteiger charge is -2.15. The van der Waals surface area contributed by atoms with E-state index >= 15 is 0 Å². The number of halogens is 1. The smallest absolute Gasteiger partial charge is 0.322 e. The number of benzene rings is 2. The SMILES string of the molecule is O=C(Oc1cc(Cl)c(O)cc1O)C1(c2ccccc2)CC1. The predicted molar refractivity (Wildman–Crippen MR) is 77.8 cm³/mol. The summed E-state index contributed by atoms with van der Waals surface area (Å²) in [6.07, 6.45) is 1.42. The Bertz CT molecular complexity index is 693. The Morgan fingerprint density at radius 3 is 2.38 bits per heavy atom. The summed E-state index contributed by atoms with van der Waals surface area (Å²) in [5, 5.41) is 19.1. The molecule has 1 saturated carbocycles. The number of phenols is 2. The van der Waals surface area contributed by atoms with E-state index in [1.54, 1.807) is 0 Å². The van der Waals surface area contributed by atoms with Crippen molar-refractivity contribution >= 4 is 17.6 Å². The number of carbonyl (C=O) groups is 1. The van der Waals surface area contributed by atoms with Gasteiger partial charge in [0.1, 0.15) is 5.75 Å². The Hall–Kier alpha value is -2.20. The van der Waals surface area contributed by atoms with Crippen LogP contribution in [-0.2, 0) is 10.2 Å². The van der Waals surface area contributed by atoms with Gasteiger partial charge in [0, 0.05) is 12.1 Å². The second-order valence-electron chi connectivity index (χ2n) is 5.11. The minimum Gasteiger partial charge on any atom is -0.506 e. The highest BCUT2D eigenvalue weighted by Crippen LogP contribution is 2.49. The van der Waals surface area contributed by atoms with Crippen LogP contribution in [0.25, 0.3) is 0 Å². The zero-order valence-electron chi connectivity index (χ0n) is 11.0. The number of hydrogen-bond acceptors (Lipinski definition) is 4. The lowest BCUT2D eigenvalue weighted by molar-refractivity contribution is -0.137. The van der Waals surface area contributed by atoms with Gasteiger partial charge in [0.05, 0.1) is 10.4 Å². The van der Waals surface area contributed by atoms with Gasteiger partial charge in [0.2, 0.25) is 0 Å². The maximum Gasteiger partial charge on any atom is 0.322 e. The molecule has 0 saturated heterocycles. The average molecular weight is 305 g/mol. The average Bonchev–Trinajstić information content (AvgIpc) is 3.27. The molecule has 5 heteroatoms. The van der Waals surface area contributed by atoms with Gasteiger partial charge in [-0.2, -0.15) is 0 Å². The molecule has 0 aromatic heterocycles. The van der Waals surface area contributed by atoms with Crippen LogP contribution in [-0.4, -0.2) is 16.2 Å². The molecule has 1 aliphatic carbocycles. The van der Waals surface area contributed by atoms with Gasteiger partial charge in [0.25, 0.3) is 0 Å². The van der Waals surface area contributed by atoms with E-state index in [1.807, 2.05) is 30.3 Å². The first-order valence-corrected chi connectivity index (χ1v) is 6.90. The normalized spacial score (nSPS) is 15.5. The van der Waals surface area contributed by atoms with Crippen LogP contribution in [0.15, 0.2) is 42.5 Å². The quantitative estimate of drug-likeness (QED) is 0.674. The molecular weight excluding hydrogens is 292 g/mol. The number of esters is 1. The van der Waals surface area contributed by atoms with Crippen molar-refractivity contribution in [3.05, 3.63) is 53.1 Å². The molecule has 0 radical (unpaired) electrons. The van der Waals surface area contributed by atoms with Crippen molar-refractivity contribution in [3.63, 3.8) is 0 Å². The first kappa shape index (κ1) is 13.8. The Morgan fingerprint density at radius 1 is 1.10 bits per heavy atom. The van der Waals surface area contributed by atoms with E-state index in [1.165, 1.54) is 6.07 Å². The summed E-state index contributed by atoms with van der Waals surface area (Å²) >= 11 is 5.76. The summed E-state index contributed by atoms with van der Waals surface area (Å²) in [6, 6.07) is 11.7. The lowest BCUT2D eigenvalue weighted by atomic mass is 9.96.